The van der Waals surface area contributed by atoms with E-state index in [-0.39, 0.29) is 5.82 Å². The normalized spacial score (nSPS) is 13.7. The quantitative estimate of drug-likeness (QED) is 0.755. The van der Waals surface area contributed by atoms with E-state index in [1.165, 1.54) is 11.3 Å². The van der Waals surface area contributed by atoms with Crippen molar-refractivity contribution >= 4 is 11.3 Å². The topological polar surface area (TPSA) is 78.9 Å². The average Bonchev–Trinajstić information content (AvgIpc) is 3.16. The van der Waals surface area contributed by atoms with E-state index < -0.39 is 12.7 Å². The van der Waals surface area contributed by atoms with E-state index in [0.29, 0.717) is 36.0 Å². The number of halogens is 3. The van der Waals surface area contributed by atoms with E-state index >= 15 is 0 Å². The smallest absolute Gasteiger partial charge is 0.408 e. The number of hydrogen-bond donors (Lipinski definition) is 1. The van der Waals surface area contributed by atoms with Crippen molar-refractivity contribution in [3.63, 3.8) is 0 Å². The van der Waals surface area contributed by atoms with Gasteiger partial charge in [0.1, 0.15) is 18.6 Å². The van der Waals surface area contributed by atoms with Gasteiger partial charge in [0.2, 0.25) is 0 Å². The highest BCUT2D eigenvalue weighted by Crippen LogP contribution is 2.40. The maximum Gasteiger partial charge on any atom is 0.408 e. The number of alkyl halides is 3. The number of aromatic nitrogens is 4. The molecule has 2 aromatic heterocycles. The second kappa shape index (κ2) is 6.36. The highest BCUT2D eigenvalue weighted by Gasteiger charge is 2.31. The van der Waals surface area contributed by atoms with Crippen molar-refractivity contribution in [2.75, 3.05) is 6.61 Å². The van der Waals surface area contributed by atoms with Gasteiger partial charge in [-0.1, -0.05) is 6.07 Å². The molecule has 0 amide bonds. The summed E-state index contributed by atoms with van der Waals surface area (Å²) in [5, 5.41) is 4.09. The van der Waals surface area contributed by atoms with Crippen molar-refractivity contribution < 1.29 is 17.9 Å². The first-order chi connectivity index (χ1) is 12.4. The zero-order valence-electron chi connectivity index (χ0n) is 13.5. The van der Waals surface area contributed by atoms with Crippen LogP contribution >= 0.6 is 11.3 Å². The molecular weight excluding hydrogens is 367 g/mol. The lowest BCUT2D eigenvalue weighted by Gasteiger charge is -2.09. The number of nitrogens with two attached hydrogens (primary N) is 1. The Hall–Kier alpha value is -2.46. The summed E-state index contributed by atoms with van der Waals surface area (Å²) in [6.45, 7) is -0.344. The Kier molecular flexibility index (Phi) is 4.16. The van der Waals surface area contributed by atoms with Crippen LogP contribution < -0.4 is 10.5 Å². The molecule has 0 aliphatic carbocycles. The molecular formula is C16H14F3N5OS. The van der Waals surface area contributed by atoms with Crippen LogP contribution in [0.4, 0.5) is 13.2 Å². The van der Waals surface area contributed by atoms with Gasteiger partial charge in [0.15, 0.2) is 10.8 Å². The fraction of sp³-hybridized carbons (Fsp3) is 0.312. The summed E-state index contributed by atoms with van der Waals surface area (Å²) in [6.07, 6.45) is -2.65. The predicted molar refractivity (Wildman–Crippen MR) is 89.7 cm³/mol. The number of hydrogen-bond acceptors (Lipinski definition) is 6. The number of benzene rings is 1. The molecule has 0 radical (unpaired) electrons. The Morgan fingerprint density at radius 1 is 1.31 bits per heavy atom. The Morgan fingerprint density at radius 2 is 2.15 bits per heavy atom. The Balaban J connectivity index is 1.77. The van der Waals surface area contributed by atoms with Crippen LogP contribution in [0.1, 0.15) is 10.4 Å². The van der Waals surface area contributed by atoms with Crippen LogP contribution in [0.2, 0.25) is 0 Å². The van der Waals surface area contributed by atoms with Crippen LogP contribution in [0.5, 0.6) is 5.75 Å². The molecule has 6 nitrogen and oxygen atoms in total. The van der Waals surface area contributed by atoms with Crippen molar-refractivity contribution in [2.45, 2.75) is 25.7 Å². The molecule has 10 heteroatoms. The van der Waals surface area contributed by atoms with E-state index in [1.807, 2.05) is 18.2 Å². The molecule has 0 spiro atoms. The first-order valence-corrected chi connectivity index (χ1v) is 8.67. The van der Waals surface area contributed by atoms with E-state index in [4.69, 9.17) is 10.5 Å². The first-order valence-electron chi connectivity index (χ1n) is 7.85. The molecule has 1 aliphatic heterocycles. The zero-order chi connectivity index (χ0) is 18.3. The Morgan fingerprint density at radius 3 is 2.92 bits per heavy atom. The van der Waals surface area contributed by atoms with Gasteiger partial charge < -0.3 is 10.5 Å². The van der Waals surface area contributed by atoms with Crippen LogP contribution in [0.3, 0.4) is 0 Å². The van der Waals surface area contributed by atoms with Crippen LogP contribution in [-0.2, 0) is 19.5 Å². The largest absolute Gasteiger partial charge is 0.492 e. The van der Waals surface area contributed by atoms with Gasteiger partial charge in [-0.05, 0) is 17.7 Å². The Labute approximate surface area is 150 Å². The number of thiazole rings is 1. The van der Waals surface area contributed by atoms with E-state index in [9.17, 15) is 13.2 Å². The molecule has 0 atom stereocenters. The number of rotatable bonds is 3. The van der Waals surface area contributed by atoms with Crippen molar-refractivity contribution in [2.24, 2.45) is 5.73 Å². The molecule has 0 bridgehead atoms. The molecule has 1 aromatic carbocycles. The summed E-state index contributed by atoms with van der Waals surface area (Å²) in [5.41, 5.74) is 8.13. The van der Waals surface area contributed by atoms with Crippen molar-refractivity contribution in [3.05, 3.63) is 35.0 Å². The molecule has 3 heterocycles. The lowest BCUT2D eigenvalue weighted by molar-refractivity contribution is -0.142. The summed E-state index contributed by atoms with van der Waals surface area (Å²) in [5.74, 6) is 0.793. The maximum absolute atomic E-state index is 12.7. The molecule has 0 unspecified atom stereocenters. The summed E-state index contributed by atoms with van der Waals surface area (Å²) >= 11 is 1.31. The number of ether oxygens (including phenoxy) is 1. The minimum absolute atomic E-state index is 0.112. The van der Waals surface area contributed by atoms with E-state index in [2.05, 4.69) is 15.1 Å². The van der Waals surface area contributed by atoms with Gasteiger partial charge in [0.05, 0.1) is 12.3 Å². The summed E-state index contributed by atoms with van der Waals surface area (Å²) in [7, 11) is 0. The standard InChI is InChI=1S/C16H14F3N5OS/c17-16(18,19)7-24-14(21-8-22-24)15-23-13-10-2-1-9(6-20)5-11(10)25-4-3-12(13)26-15/h1-2,5,8H,3-4,6-7,20H2. The van der Waals surface area contributed by atoms with Crippen LogP contribution in [0.25, 0.3) is 22.1 Å². The van der Waals surface area contributed by atoms with Gasteiger partial charge in [-0.25, -0.2) is 14.6 Å². The Bertz CT molecular complexity index is 950. The molecule has 2 N–H and O–H groups in total. The third-order valence-electron chi connectivity index (χ3n) is 3.96. The van der Waals surface area contributed by atoms with Crippen LogP contribution in [0.15, 0.2) is 24.5 Å². The van der Waals surface area contributed by atoms with Crippen LogP contribution in [0, 0.1) is 0 Å². The van der Waals surface area contributed by atoms with Gasteiger partial charge in [-0.2, -0.15) is 18.3 Å². The zero-order valence-corrected chi connectivity index (χ0v) is 14.3. The highest BCUT2D eigenvalue weighted by molar-refractivity contribution is 7.15. The molecule has 26 heavy (non-hydrogen) atoms. The lowest BCUT2D eigenvalue weighted by Crippen LogP contribution is -2.19. The van der Waals surface area contributed by atoms with Gasteiger partial charge >= 0.3 is 6.18 Å². The van der Waals surface area contributed by atoms with Crippen molar-refractivity contribution in [3.8, 4) is 27.8 Å². The molecule has 0 saturated carbocycles. The third kappa shape index (κ3) is 3.17. The van der Waals surface area contributed by atoms with Gasteiger partial charge in [-0.3, -0.25) is 0 Å². The minimum Gasteiger partial charge on any atom is -0.492 e. The summed E-state index contributed by atoms with van der Waals surface area (Å²) in [6, 6.07) is 5.64. The lowest BCUT2D eigenvalue weighted by atomic mass is 10.1. The molecule has 0 saturated heterocycles. The van der Waals surface area contributed by atoms with E-state index in [0.717, 1.165) is 27.0 Å². The minimum atomic E-state index is -4.38. The monoisotopic (exact) mass is 381 g/mol. The number of fused-ring (bicyclic) bond motifs is 3. The second-order valence-electron chi connectivity index (χ2n) is 5.78. The molecule has 3 aromatic rings. The summed E-state index contributed by atoms with van der Waals surface area (Å²) in [4.78, 5) is 9.48. The third-order valence-corrected chi connectivity index (χ3v) is 5.07. The number of nitrogens with zero attached hydrogens (tertiary/aromatic N) is 4. The molecule has 0 fully saturated rings. The molecule has 4 rings (SSSR count). The van der Waals surface area contributed by atoms with Gasteiger partial charge in [0, 0.05) is 23.4 Å². The summed E-state index contributed by atoms with van der Waals surface area (Å²) < 4.78 is 44.8. The average molecular weight is 381 g/mol. The van der Waals surface area contributed by atoms with Crippen molar-refractivity contribution in [1.29, 1.82) is 0 Å². The molecule has 136 valence electrons. The predicted octanol–water partition coefficient (Wildman–Crippen LogP) is 3.02. The van der Waals surface area contributed by atoms with E-state index in [1.54, 1.807) is 0 Å². The first kappa shape index (κ1) is 17.0. The maximum atomic E-state index is 12.7. The highest BCUT2D eigenvalue weighted by atomic mass is 32.1. The fourth-order valence-corrected chi connectivity index (χ4v) is 3.86. The SMILES string of the molecule is NCc1ccc2c(c1)OCCc1sc(-c3ncnn3CC(F)(F)F)nc1-2. The second-order valence-corrected chi connectivity index (χ2v) is 6.86. The van der Waals surface area contributed by atoms with Crippen LogP contribution in [-0.4, -0.2) is 32.5 Å². The molecule has 1 aliphatic rings. The van der Waals surface area contributed by atoms with Gasteiger partial charge in [-0.15, -0.1) is 11.3 Å². The van der Waals surface area contributed by atoms with Gasteiger partial charge in [0.25, 0.3) is 0 Å². The van der Waals surface area contributed by atoms with Crippen molar-refractivity contribution in [1.82, 2.24) is 19.7 Å². The fourth-order valence-electron chi connectivity index (χ4n) is 2.81.